The Labute approximate surface area is 113 Å². The van der Waals surface area contributed by atoms with E-state index in [1.54, 1.807) is 24.7 Å². The third-order valence-corrected chi connectivity index (χ3v) is 3.37. The van der Waals surface area contributed by atoms with Gasteiger partial charge in [0.25, 0.3) is 0 Å². The van der Waals surface area contributed by atoms with Crippen molar-refractivity contribution < 1.29 is 4.42 Å². The molecule has 20 heavy (non-hydrogen) atoms. The van der Waals surface area contributed by atoms with Gasteiger partial charge in [-0.25, -0.2) is 4.98 Å². The van der Waals surface area contributed by atoms with E-state index in [2.05, 4.69) is 4.98 Å². The van der Waals surface area contributed by atoms with Crippen LogP contribution in [0.4, 0.5) is 0 Å². The maximum absolute atomic E-state index is 12.7. The van der Waals surface area contributed by atoms with E-state index in [0.29, 0.717) is 21.9 Å². The predicted molar refractivity (Wildman–Crippen MR) is 77.1 cm³/mol. The monoisotopic (exact) mass is 262 g/mol. The highest BCUT2D eigenvalue weighted by Gasteiger charge is 2.11. The maximum Gasteiger partial charge on any atom is 0.202 e. The lowest BCUT2D eigenvalue weighted by molar-refractivity contribution is 0.659. The molecule has 4 nitrogen and oxygen atoms in total. The summed E-state index contributed by atoms with van der Waals surface area (Å²) in [6.45, 7) is 0. The van der Waals surface area contributed by atoms with E-state index in [9.17, 15) is 4.79 Å². The highest BCUT2D eigenvalue weighted by Crippen LogP contribution is 2.23. The Morgan fingerprint density at radius 2 is 1.85 bits per heavy atom. The van der Waals surface area contributed by atoms with Gasteiger partial charge < -0.3 is 8.98 Å². The predicted octanol–water partition coefficient (Wildman–Crippen LogP) is 3.13. The van der Waals surface area contributed by atoms with Gasteiger partial charge in [-0.3, -0.25) is 4.79 Å². The number of rotatable bonds is 1. The minimum absolute atomic E-state index is 0.0221. The lowest BCUT2D eigenvalue weighted by Crippen LogP contribution is -2.06. The zero-order chi connectivity index (χ0) is 13.5. The molecule has 0 aliphatic rings. The highest BCUT2D eigenvalue weighted by atomic mass is 16.3. The molecular weight excluding hydrogens is 252 g/mol. The normalized spacial score (nSPS) is 11.2. The molecule has 0 N–H and O–H groups in total. The van der Waals surface area contributed by atoms with Crippen molar-refractivity contribution in [1.29, 1.82) is 0 Å². The third-order valence-electron chi connectivity index (χ3n) is 3.37. The van der Waals surface area contributed by atoms with E-state index in [4.69, 9.17) is 4.42 Å². The van der Waals surface area contributed by atoms with Crippen molar-refractivity contribution in [3.63, 3.8) is 0 Å². The maximum atomic E-state index is 12.7. The van der Waals surface area contributed by atoms with Crippen molar-refractivity contribution >= 4 is 21.9 Å². The zero-order valence-electron chi connectivity index (χ0n) is 10.5. The van der Waals surface area contributed by atoms with Gasteiger partial charge in [-0.1, -0.05) is 18.2 Å². The molecule has 0 radical (unpaired) electrons. The summed E-state index contributed by atoms with van der Waals surface area (Å²) >= 11 is 0. The summed E-state index contributed by atoms with van der Waals surface area (Å²) in [6.07, 6.45) is 5.16. The molecule has 0 amide bonds. The van der Waals surface area contributed by atoms with Crippen LogP contribution < -0.4 is 5.43 Å². The van der Waals surface area contributed by atoms with Gasteiger partial charge in [0.15, 0.2) is 0 Å². The van der Waals surface area contributed by atoms with Crippen LogP contribution in [0, 0.1) is 0 Å². The van der Waals surface area contributed by atoms with Crippen LogP contribution in [0.1, 0.15) is 0 Å². The Morgan fingerprint density at radius 3 is 2.70 bits per heavy atom. The van der Waals surface area contributed by atoms with Crippen LogP contribution in [0.5, 0.6) is 0 Å². The molecule has 2 heterocycles. The molecule has 0 aliphatic carbocycles. The second-order valence-corrected chi connectivity index (χ2v) is 4.55. The number of aromatic nitrogens is 2. The van der Waals surface area contributed by atoms with Crippen LogP contribution in [-0.4, -0.2) is 9.55 Å². The third kappa shape index (κ3) is 1.48. The van der Waals surface area contributed by atoms with Crippen LogP contribution >= 0.6 is 0 Å². The Kier molecular flexibility index (Phi) is 2.23. The summed E-state index contributed by atoms with van der Waals surface area (Å²) in [4.78, 5) is 16.7. The summed E-state index contributed by atoms with van der Waals surface area (Å²) < 4.78 is 7.65. The van der Waals surface area contributed by atoms with Crippen molar-refractivity contribution in [2.24, 2.45) is 0 Å². The molecule has 0 fully saturated rings. The Balaban J connectivity index is 2.23. The summed E-state index contributed by atoms with van der Waals surface area (Å²) in [7, 11) is 0. The number of imidazole rings is 1. The number of fused-ring (bicyclic) bond motifs is 2. The molecule has 4 rings (SSSR count). The second kappa shape index (κ2) is 4.06. The van der Waals surface area contributed by atoms with Gasteiger partial charge in [0.2, 0.25) is 5.43 Å². The molecule has 0 atom stereocenters. The van der Waals surface area contributed by atoms with E-state index in [0.717, 1.165) is 5.69 Å². The summed E-state index contributed by atoms with van der Waals surface area (Å²) in [6, 6.07) is 12.8. The summed E-state index contributed by atoms with van der Waals surface area (Å²) in [5, 5.41) is 1.16. The molecule has 4 heteroatoms. The zero-order valence-corrected chi connectivity index (χ0v) is 10.5. The molecule has 2 aromatic carbocycles. The van der Waals surface area contributed by atoms with Gasteiger partial charge in [0, 0.05) is 12.4 Å². The fraction of sp³-hybridized carbons (Fsp3) is 0. The standard InChI is InChI=1S/C16H10N2O2/c19-16-11-4-1-2-6-13(11)20-14-7-3-5-12(15(14)16)18-9-8-17-10-18/h1-10H. The smallest absolute Gasteiger partial charge is 0.202 e. The summed E-state index contributed by atoms with van der Waals surface area (Å²) in [5.74, 6) is 0. The summed E-state index contributed by atoms with van der Waals surface area (Å²) in [5.41, 5.74) is 1.94. The number of nitrogens with zero attached hydrogens (tertiary/aromatic N) is 2. The number of para-hydroxylation sites is 1. The van der Waals surface area contributed by atoms with Gasteiger partial charge in [-0.15, -0.1) is 0 Å². The first-order valence-electron chi connectivity index (χ1n) is 6.27. The van der Waals surface area contributed by atoms with Gasteiger partial charge in [0.05, 0.1) is 22.8 Å². The molecule has 0 bridgehead atoms. The average Bonchev–Trinajstić information content (AvgIpc) is 3.01. The van der Waals surface area contributed by atoms with Crippen molar-refractivity contribution in [1.82, 2.24) is 9.55 Å². The Morgan fingerprint density at radius 1 is 1.00 bits per heavy atom. The molecule has 0 aliphatic heterocycles. The van der Waals surface area contributed by atoms with Crippen molar-refractivity contribution in [2.75, 3.05) is 0 Å². The Hall–Kier alpha value is -2.88. The lowest BCUT2D eigenvalue weighted by Gasteiger charge is -2.07. The van der Waals surface area contributed by atoms with Gasteiger partial charge in [-0.05, 0) is 24.3 Å². The molecule has 0 saturated carbocycles. The van der Waals surface area contributed by atoms with E-state index < -0.39 is 0 Å². The van der Waals surface area contributed by atoms with Crippen molar-refractivity contribution in [2.45, 2.75) is 0 Å². The molecule has 0 spiro atoms. The Bertz CT molecular complexity index is 969. The second-order valence-electron chi connectivity index (χ2n) is 4.55. The first kappa shape index (κ1) is 11.0. The first-order chi connectivity index (χ1) is 9.84. The lowest BCUT2D eigenvalue weighted by atomic mass is 10.1. The van der Waals surface area contributed by atoms with Crippen molar-refractivity contribution in [3.05, 3.63) is 71.4 Å². The highest BCUT2D eigenvalue weighted by molar-refractivity contribution is 5.94. The van der Waals surface area contributed by atoms with Crippen LogP contribution in [0.15, 0.2) is 70.4 Å². The largest absolute Gasteiger partial charge is 0.456 e. The number of hydrogen-bond donors (Lipinski definition) is 0. The van der Waals surface area contributed by atoms with Gasteiger partial charge >= 0.3 is 0 Å². The molecule has 0 unspecified atom stereocenters. The van der Waals surface area contributed by atoms with E-state index in [1.165, 1.54) is 0 Å². The fourth-order valence-electron chi connectivity index (χ4n) is 2.45. The van der Waals surface area contributed by atoms with Crippen LogP contribution in [0.3, 0.4) is 0 Å². The SMILES string of the molecule is O=c1c2ccccc2oc2cccc(-n3ccnc3)c12. The first-order valence-corrected chi connectivity index (χ1v) is 6.27. The van der Waals surface area contributed by atoms with Crippen LogP contribution in [0.25, 0.3) is 27.6 Å². The van der Waals surface area contributed by atoms with Crippen LogP contribution in [-0.2, 0) is 0 Å². The van der Waals surface area contributed by atoms with E-state index in [-0.39, 0.29) is 5.43 Å². The van der Waals surface area contributed by atoms with Gasteiger partial charge in [-0.2, -0.15) is 0 Å². The minimum atomic E-state index is -0.0221. The van der Waals surface area contributed by atoms with Gasteiger partial charge in [0.1, 0.15) is 11.2 Å². The van der Waals surface area contributed by atoms with Crippen LogP contribution in [0.2, 0.25) is 0 Å². The molecule has 0 saturated heterocycles. The average molecular weight is 262 g/mol. The number of hydrogen-bond acceptors (Lipinski definition) is 3. The molecular formula is C16H10N2O2. The van der Waals surface area contributed by atoms with E-state index in [1.807, 2.05) is 41.1 Å². The quantitative estimate of drug-likeness (QED) is 0.495. The fourth-order valence-corrected chi connectivity index (χ4v) is 2.45. The minimum Gasteiger partial charge on any atom is -0.456 e. The number of benzene rings is 2. The molecule has 96 valence electrons. The van der Waals surface area contributed by atoms with E-state index >= 15 is 0 Å². The molecule has 2 aromatic heterocycles. The molecule has 4 aromatic rings. The van der Waals surface area contributed by atoms with Crippen molar-refractivity contribution in [3.8, 4) is 5.69 Å². The topological polar surface area (TPSA) is 48.0 Å².